The van der Waals surface area contributed by atoms with Crippen molar-refractivity contribution in [3.8, 4) is 5.75 Å². The Morgan fingerprint density at radius 1 is 1.22 bits per heavy atom. The number of nitrogens with one attached hydrogen (secondary N) is 2. The van der Waals surface area contributed by atoms with Crippen LogP contribution in [-0.2, 0) is 15.5 Å². The fourth-order valence-electron chi connectivity index (χ4n) is 4.88. The van der Waals surface area contributed by atoms with Gasteiger partial charge in [0.25, 0.3) is 5.91 Å². The standard InChI is InChI=1S/C29H48N5O5PS/c1-7-10-11-23(14-17-41-6)32-26-24(20(4)31-28(30)33-26)19-22-18-21(12-13-25(22)38-5)27(35)34-29(8-2,9-3)15-16-39-40(36)37/h12-13,18,23,40H,7-11,14-17,19H2,1-6H3,(H,34,35)(H,36,37)(H3,30,31,32,33). The molecule has 0 spiro atoms. The maximum atomic E-state index is 13.5. The third-order valence-electron chi connectivity index (χ3n) is 7.60. The van der Waals surface area contributed by atoms with Crippen LogP contribution in [0.5, 0.6) is 5.75 Å². The Hall–Kier alpha value is -2.33. The minimum absolute atomic E-state index is 0.0898. The molecule has 0 fully saturated rings. The number of methoxy groups -OCH3 is 1. The summed E-state index contributed by atoms with van der Waals surface area (Å²) in [5.74, 6) is 2.41. The largest absolute Gasteiger partial charge is 0.496 e. The van der Waals surface area contributed by atoms with E-state index in [0.717, 1.165) is 48.3 Å². The summed E-state index contributed by atoms with van der Waals surface area (Å²) in [5.41, 5.74) is 8.52. The SMILES string of the molecule is CCCCC(CCSC)Nc1nc(N)nc(C)c1Cc1cc(C(=O)NC(CC)(CC)CCO[PH](=O)O)ccc1OC. The van der Waals surface area contributed by atoms with Gasteiger partial charge in [-0.3, -0.25) is 9.36 Å². The number of nitrogen functional groups attached to an aromatic ring is 1. The Balaban J connectivity index is 2.39. The maximum Gasteiger partial charge on any atom is 0.316 e. The van der Waals surface area contributed by atoms with Gasteiger partial charge in [0.15, 0.2) is 0 Å². The fourth-order valence-corrected chi connectivity index (χ4v) is 5.68. The van der Waals surface area contributed by atoms with Crippen LogP contribution >= 0.6 is 20.0 Å². The summed E-state index contributed by atoms with van der Waals surface area (Å²) >= 11 is 1.83. The van der Waals surface area contributed by atoms with E-state index in [-0.39, 0.29) is 24.5 Å². The first-order chi connectivity index (χ1) is 19.6. The monoisotopic (exact) mass is 609 g/mol. The Kier molecular flexibility index (Phi) is 15.0. The van der Waals surface area contributed by atoms with Crippen LogP contribution < -0.4 is 21.1 Å². The summed E-state index contributed by atoms with van der Waals surface area (Å²) in [6, 6.07) is 5.65. The molecule has 1 amide bonds. The number of carbonyl (C=O) groups excluding carboxylic acids is 1. The molecule has 2 aromatic rings. The molecule has 0 saturated heterocycles. The van der Waals surface area contributed by atoms with E-state index >= 15 is 0 Å². The number of aromatic nitrogens is 2. The number of amides is 1. The van der Waals surface area contributed by atoms with Crippen molar-refractivity contribution >= 4 is 37.7 Å². The van der Waals surface area contributed by atoms with Gasteiger partial charge in [-0.1, -0.05) is 33.6 Å². The van der Waals surface area contributed by atoms with Gasteiger partial charge in [0.05, 0.1) is 13.7 Å². The van der Waals surface area contributed by atoms with Crippen molar-refractivity contribution in [3.63, 3.8) is 0 Å². The van der Waals surface area contributed by atoms with Crippen LogP contribution in [0.25, 0.3) is 0 Å². The number of nitrogens with zero attached hydrogens (tertiary/aromatic N) is 2. The molecular weight excluding hydrogens is 561 g/mol. The second kappa shape index (κ2) is 17.6. The second-order valence-corrected chi connectivity index (χ2v) is 12.1. The predicted molar refractivity (Wildman–Crippen MR) is 169 cm³/mol. The van der Waals surface area contributed by atoms with E-state index in [9.17, 15) is 9.36 Å². The van der Waals surface area contributed by atoms with Gasteiger partial charge in [-0.25, -0.2) is 4.98 Å². The van der Waals surface area contributed by atoms with Gasteiger partial charge in [-0.05, 0) is 74.8 Å². The molecule has 0 saturated carbocycles. The van der Waals surface area contributed by atoms with E-state index in [0.29, 0.717) is 42.8 Å². The smallest absolute Gasteiger partial charge is 0.316 e. The molecule has 0 radical (unpaired) electrons. The molecule has 0 aliphatic heterocycles. The molecule has 230 valence electrons. The number of unbranched alkanes of at least 4 members (excludes halogenated alkanes) is 1. The van der Waals surface area contributed by atoms with Crippen LogP contribution in [0.15, 0.2) is 18.2 Å². The minimum Gasteiger partial charge on any atom is -0.496 e. The molecular formula is C29H48N5O5PS. The predicted octanol–water partition coefficient (Wildman–Crippen LogP) is 5.77. The molecule has 1 aromatic carbocycles. The van der Waals surface area contributed by atoms with Gasteiger partial charge in [-0.15, -0.1) is 0 Å². The lowest BCUT2D eigenvalue weighted by atomic mass is 9.88. The van der Waals surface area contributed by atoms with Crippen molar-refractivity contribution in [3.05, 3.63) is 40.6 Å². The second-order valence-electron chi connectivity index (χ2n) is 10.3. The van der Waals surface area contributed by atoms with E-state index < -0.39 is 13.8 Å². The highest BCUT2D eigenvalue weighted by atomic mass is 32.2. The van der Waals surface area contributed by atoms with Crippen molar-refractivity contribution in [1.82, 2.24) is 15.3 Å². The minimum atomic E-state index is -3.02. The number of nitrogens with two attached hydrogens (primary N) is 1. The number of carbonyl (C=O) groups is 1. The zero-order valence-electron chi connectivity index (χ0n) is 25.3. The first-order valence-electron chi connectivity index (χ1n) is 14.3. The van der Waals surface area contributed by atoms with Gasteiger partial charge in [-0.2, -0.15) is 16.7 Å². The summed E-state index contributed by atoms with van der Waals surface area (Å²) in [5, 5.41) is 6.81. The first kappa shape index (κ1) is 34.9. The summed E-state index contributed by atoms with van der Waals surface area (Å²) in [6.45, 7) is 8.17. The number of anilines is 2. The van der Waals surface area contributed by atoms with Gasteiger partial charge >= 0.3 is 8.25 Å². The highest BCUT2D eigenvalue weighted by molar-refractivity contribution is 7.98. The van der Waals surface area contributed by atoms with Gasteiger partial charge in [0, 0.05) is 34.8 Å². The summed E-state index contributed by atoms with van der Waals surface area (Å²) in [6.07, 6.45) is 8.59. The van der Waals surface area contributed by atoms with E-state index in [1.807, 2.05) is 38.6 Å². The molecule has 0 aliphatic carbocycles. The lowest BCUT2D eigenvalue weighted by Gasteiger charge is -2.33. The van der Waals surface area contributed by atoms with Crippen molar-refractivity contribution < 1.29 is 23.5 Å². The molecule has 10 nitrogen and oxygen atoms in total. The van der Waals surface area contributed by atoms with E-state index in [1.54, 1.807) is 19.2 Å². The van der Waals surface area contributed by atoms with Crippen molar-refractivity contribution in [1.29, 1.82) is 0 Å². The van der Waals surface area contributed by atoms with Crippen molar-refractivity contribution in [2.75, 3.05) is 36.8 Å². The van der Waals surface area contributed by atoms with Gasteiger partial charge in [0.1, 0.15) is 11.6 Å². The Bertz CT molecular complexity index is 1140. The van der Waals surface area contributed by atoms with Gasteiger partial charge < -0.3 is 30.5 Å². The molecule has 41 heavy (non-hydrogen) atoms. The third-order valence-corrected chi connectivity index (χ3v) is 8.69. The fraction of sp³-hybridized carbons (Fsp3) is 0.621. The van der Waals surface area contributed by atoms with Crippen LogP contribution in [-0.4, -0.2) is 58.1 Å². The molecule has 0 aliphatic rings. The summed E-state index contributed by atoms with van der Waals surface area (Å²) in [4.78, 5) is 31.5. The molecule has 2 atom stereocenters. The average molecular weight is 610 g/mol. The molecule has 2 unspecified atom stereocenters. The van der Waals surface area contributed by atoms with Crippen LogP contribution in [0, 0.1) is 6.92 Å². The average Bonchev–Trinajstić information content (AvgIpc) is 2.95. The zero-order chi connectivity index (χ0) is 30.4. The molecule has 12 heteroatoms. The van der Waals surface area contributed by atoms with Gasteiger partial charge in [0.2, 0.25) is 5.95 Å². The Labute approximate surface area is 249 Å². The zero-order valence-corrected chi connectivity index (χ0v) is 27.2. The topological polar surface area (TPSA) is 149 Å². The van der Waals surface area contributed by atoms with E-state index in [1.165, 1.54) is 0 Å². The third kappa shape index (κ3) is 10.8. The summed E-state index contributed by atoms with van der Waals surface area (Å²) < 4.78 is 21.6. The first-order valence-corrected chi connectivity index (χ1v) is 17.0. The van der Waals surface area contributed by atoms with Crippen LogP contribution in [0.1, 0.15) is 92.9 Å². The highest BCUT2D eigenvalue weighted by Gasteiger charge is 2.29. The summed E-state index contributed by atoms with van der Waals surface area (Å²) in [7, 11) is -1.41. The van der Waals surface area contributed by atoms with Crippen LogP contribution in [0.4, 0.5) is 11.8 Å². The Morgan fingerprint density at radius 2 is 1.95 bits per heavy atom. The highest BCUT2D eigenvalue weighted by Crippen LogP contribution is 2.30. The number of ether oxygens (including phenoxy) is 1. The number of rotatable bonds is 19. The number of hydrogen-bond donors (Lipinski definition) is 4. The number of aryl methyl sites for hydroxylation is 1. The number of benzene rings is 1. The molecule has 0 bridgehead atoms. The van der Waals surface area contributed by atoms with E-state index in [4.69, 9.17) is 19.9 Å². The number of hydrogen-bond acceptors (Lipinski definition) is 9. The van der Waals surface area contributed by atoms with Crippen molar-refractivity contribution in [2.24, 2.45) is 0 Å². The van der Waals surface area contributed by atoms with Crippen molar-refractivity contribution in [2.45, 2.75) is 90.6 Å². The maximum absolute atomic E-state index is 13.5. The Morgan fingerprint density at radius 3 is 2.56 bits per heavy atom. The molecule has 5 N–H and O–H groups in total. The number of thioether (sulfide) groups is 1. The molecule has 2 rings (SSSR count). The lowest BCUT2D eigenvalue weighted by molar-refractivity contribution is 0.0872. The lowest BCUT2D eigenvalue weighted by Crippen LogP contribution is -2.48. The molecule has 1 aromatic heterocycles. The quantitative estimate of drug-likeness (QED) is 0.145. The van der Waals surface area contributed by atoms with E-state index in [2.05, 4.69) is 33.8 Å². The molecule has 1 heterocycles. The normalized spacial score (nSPS) is 13.0. The van der Waals surface area contributed by atoms with Crippen LogP contribution in [0.3, 0.4) is 0 Å². The van der Waals surface area contributed by atoms with Crippen LogP contribution in [0.2, 0.25) is 0 Å².